The molecule has 0 aliphatic rings. The molecule has 4 aromatic carbocycles. The zero-order chi connectivity index (χ0) is 26.2. The number of benzene rings is 4. The highest BCUT2D eigenvalue weighted by molar-refractivity contribution is 5.99. The van der Waals surface area contributed by atoms with Crippen LogP contribution in [0.1, 0.15) is 11.1 Å². The number of hydrogen-bond donors (Lipinski definition) is 0. The van der Waals surface area contributed by atoms with Gasteiger partial charge in [0.15, 0.2) is 0 Å². The molecule has 1 heterocycles. The van der Waals surface area contributed by atoms with Crippen LogP contribution in [0.2, 0.25) is 0 Å². The molecule has 1 nitrogen and oxygen atoms in total. The molecule has 0 atom stereocenters. The summed E-state index contributed by atoms with van der Waals surface area (Å²) in [6, 6.07) is 27.2. The monoisotopic (exact) mass is 508 g/mol. The smallest absolute Gasteiger partial charge is 0.416 e. The van der Waals surface area contributed by atoms with Crippen molar-refractivity contribution >= 4 is 0 Å². The van der Waals surface area contributed by atoms with Crippen molar-refractivity contribution in [3.05, 3.63) is 120 Å². The Morgan fingerprint density at radius 3 is 1.11 bits per heavy atom. The summed E-state index contributed by atoms with van der Waals surface area (Å²) in [7, 11) is 0. The number of rotatable bonds is 4. The molecule has 5 aromatic rings. The summed E-state index contributed by atoms with van der Waals surface area (Å²) in [6.45, 7) is 0. The van der Waals surface area contributed by atoms with Crippen molar-refractivity contribution in [3.63, 3.8) is 0 Å². The minimum Gasteiger partial charge on any atom is -0.455 e. The number of halogens is 6. The number of alkyl halides is 6. The minimum absolute atomic E-state index is 0.128. The first kappa shape index (κ1) is 24.4. The Balaban J connectivity index is 1.87. The predicted molar refractivity (Wildman–Crippen MR) is 130 cm³/mol. The third-order valence-electron chi connectivity index (χ3n) is 5.94. The van der Waals surface area contributed by atoms with Crippen LogP contribution in [0.4, 0.5) is 26.3 Å². The van der Waals surface area contributed by atoms with E-state index in [0.29, 0.717) is 22.3 Å². The Morgan fingerprint density at radius 1 is 0.405 bits per heavy atom. The van der Waals surface area contributed by atoms with Gasteiger partial charge in [0, 0.05) is 22.3 Å². The Hall–Kier alpha value is -4.26. The molecule has 7 heteroatoms. The molecule has 0 saturated carbocycles. The van der Waals surface area contributed by atoms with E-state index in [4.69, 9.17) is 4.42 Å². The van der Waals surface area contributed by atoms with Gasteiger partial charge < -0.3 is 4.42 Å². The number of hydrogen-bond acceptors (Lipinski definition) is 1. The summed E-state index contributed by atoms with van der Waals surface area (Å²) in [4.78, 5) is 0. The standard InChI is InChI=1S/C30H18F6O/c31-29(32,33)23-15-7-13-21(17-23)27-25(19-9-3-1-4-10-19)26(20-11-5-2-6-12-20)28(37-27)22-14-8-16-24(18-22)30(34,35)36/h1-18H. The zero-order valence-electron chi connectivity index (χ0n) is 19.1. The summed E-state index contributed by atoms with van der Waals surface area (Å²) in [6.07, 6.45) is -9.16. The van der Waals surface area contributed by atoms with Gasteiger partial charge in [-0.3, -0.25) is 0 Å². The Kier molecular flexibility index (Phi) is 6.15. The van der Waals surface area contributed by atoms with E-state index < -0.39 is 23.5 Å². The molecule has 0 bridgehead atoms. The van der Waals surface area contributed by atoms with Crippen molar-refractivity contribution in [2.45, 2.75) is 12.4 Å². The van der Waals surface area contributed by atoms with Gasteiger partial charge >= 0.3 is 12.4 Å². The van der Waals surface area contributed by atoms with Crippen molar-refractivity contribution in [1.29, 1.82) is 0 Å². The van der Waals surface area contributed by atoms with Crippen LogP contribution in [0.5, 0.6) is 0 Å². The van der Waals surface area contributed by atoms with Crippen LogP contribution < -0.4 is 0 Å². The summed E-state index contributed by atoms with van der Waals surface area (Å²) in [5.74, 6) is 0.257. The molecule has 5 rings (SSSR count). The maximum atomic E-state index is 13.5. The van der Waals surface area contributed by atoms with Crippen LogP contribution in [0, 0.1) is 0 Å². The highest BCUT2D eigenvalue weighted by atomic mass is 19.4. The minimum atomic E-state index is -4.58. The molecule has 37 heavy (non-hydrogen) atoms. The second kappa shape index (κ2) is 9.32. The Labute approximate surface area is 208 Å². The van der Waals surface area contributed by atoms with E-state index >= 15 is 0 Å². The van der Waals surface area contributed by atoms with Gasteiger partial charge in [-0.1, -0.05) is 84.9 Å². The van der Waals surface area contributed by atoms with Gasteiger partial charge in [-0.25, -0.2) is 0 Å². The Bertz CT molecular complexity index is 1410. The lowest BCUT2D eigenvalue weighted by Gasteiger charge is -2.11. The maximum Gasteiger partial charge on any atom is 0.416 e. The molecule has 0 saturated heterocycles. The van der Waals surface area contributed by atoms with Gasteiger partial charge in [-0.15, -0.1) is 0 Å². The molecular formula is C30H18F6O. The number of furan rings is 1. The third kappa shape index (κ3) is 4.89. The third-order valence-corrected chi connectivity index (χ3v) is 5.94. The first-order chi connectivity index (χ1) is 17.6. The van der Waals surface area contributed by atoms with Crippen LogP contribution in [0.15, 0.2) is 114 Å². The van der Waals surface area contributed by atoms with Gasteiger partial charge in [0.05, 0.1) is 11.1 Å². The first-order valence-corrected chi connectivity index (χ1v) is 11.3. The summed E-state index contributed by atoms with van der Waals surface area (Å²) in [5.41, 5.74) is 0.862. The van der Waals surface area contributed by atoms with Crippen molar-refractivity contribution < 1.29 is 30.8 Å². The topological polar surface area (TPSA) is 13.1 Å². The Morgan fingerprint density at radius 2 is 0.757 bits per heavy atom. The maximum absolute atomic E-state index is 13.5. The van der Waals surface area contributed by atoms with Crippen molar-refractivity contribution in [2.24, 2.45) is 0 Å². The first-order valence-electron chi connectivity index (χ1n) is 11.3. The van der Waals surface area contributed by atoms with Gasteiger partial charge in [-0.2, -0.15) is 26.3 Å². The van der Waals surface area contributed by atoms with Crippen molar-refractivity contribution in [1.82, 2.24) is 0 Å². The van der Waals surface area contributed by atoms with Gasteiger partial charge in [0.2, 0.25) is 0 Å². The van der Waals surface area contributed by atoms with Gasteiger partial charge in [0.25, 0.3) is 0 Å². The van der Waals surface area contributed by atoms with Crippen LogP contribution in [0.3, 0.4) is 0 Å². The molecule has 186 valence electrons. The fourth-order valence-electron chi connectivity index (χ4n) is 4.27. The SMILES string of the molecule is FC(F)(F)c1cccc(-c2oc(-c3cccc(C(F)(F)F)c3)c(-c3ccccc3)c2-c2ccccc2)c1. The van der Waals surface area contributed by atoms with E-state index in [9.17, 15) is 26.3 Å². The fourth-order valence-corrected chi connectivity index (χ4v) is 4.27. The van der Waals surface area contributed by atoms with Crippen LogP contribution in [-0.2, 0) is 12.4 Å². The molecule has 0 amide bonds. The second-order valence-electron chi connectivity index (χ2n) is 8.40. The van der Waals surface area contributed by atoms with E-state index in [1.807, 2.05) is 0 Å². The van der Waals surface area contributed by atoms with Gasteiger partial charge in [-0.05, 0) is 35.4 Å². The van der Waals surface area contributed by atoms with E-state index in [0.717, 1.165) is 24.3 Å². The largest absolute Gasteiger partial charge is 0.455 e. The average Bonchev–Trinajstić information content (AvgIpc) is 3.30. The molecule has 0 aliphatic carbocycles. The summed E-state index contributed by atoms with van der Waals surface area (Å²) < 4.78 is 87.5. The van der Waals surface area contributed by atoms with E-state index in [1.165, 1.54) is 24.3 Å². The van der Waals surface area contributed by atoms with Crippen LogP contribution >= 0.6 is 0 Å². The normalized spacial score (nSPS) is 12.1. The van der Waals surface area contributed by atoms with E-state index in [1.54, 1.807) is 60.7 Å². The van der Waals surface area contributed by atoms with Crippen LogP contribution in [-0.4, -0.2) is 0 Å². The highest BCUT2D eigenvalue weighted by Gasteiger charge is 2.33. The van der Waals surface area contributed by atoms with Crippen molar-refractivity contribution in [2.75, 3.05) is 0 Å². The second-order valence-corrected chi connectivity index (χ2v) is 8.40. The molecule has 0 unspecified atom stereocenters. The summed E-state index contributed by atoms with van der Waals surface area (Å²) >= 11 is 0. The molecule has 0 aliphatic heterocycles. The van der Waals surface area contributed by atoms with E-state index in [-0.39, 0.29) is 22.6 Å². The van der Waals surface area contributed by atoms with E-state index in [2.05, 4.69) is 0 Å². The molecular weight excluding hydrogens is 490 g/mol. The molecule has 0 radical (unpaired) electrons. The molecule has 0 N–H and O–H groups in total. The zero-order valence-corrected chi connectivity index (χ0v) is 19.1. The predicted octanol–water partition coefficient (Wildman–Crippen LogP) is 9.99. The molecule has 0 spiro atoms. The lowest BCUT2D eigenvalue weighted by molar-refractivity contribution is -0.138. The van der Waals surface area contributed by atoms with Crippen molar-refractivity contribution in [3.8, 4) is 44.9 Å². The lowest BCUT2D eigenvalue weighted by Crippen LogP contribution is -2.04. The molecule has 1 aromatic heterocycles. The highest BCUT2D eigenvalue weighted by Crippen LogP contribution is 2.49. The summed E-state index contributed by atoms with van der Waals surface area (Å²) in [5, 5.41) is 0. The fraction of sp³-hybridized carbons (Fsp3) is 0.0667. The molecule has 0 fully saturated rings. The lowest BCUT2D eigenvalue weighted by atomic mass is 9.91. The van der Waals surface area contributed by atoms with Gasteiger partial charge in [0.1, 0.15) is 11.5 Å². The average molecular weight is 508 g/mol. The quantitative estimate of drug-likeness (QED) is 0.220. The van der Waals surface area contributed by atoms with Crippen LogP contribution in [0.25, 0.3) is 44.9 Å².